The molecule has 4 aromatic carbocycles. The van der Waals surface area contributed by atoms with Gasteiger partial charge < -0.3 is 20.0 Å². The van der Waals surface area contributed by atoms with Crippen molar-refractivity contribution < 1.29 is 9.59 Å². The number of nitrogens with zero attached hydrogens (tertiary/aromatic N) is 9. The van der Waals surface area contributed by atoms with Gasteiger partial charge in [0.1, 0.15) is 0 Å². The first-order valence-electron chi connectivity index (χ1n) is 20.4. The number of nitrogens with one attached hydrogen (secondary N) is 1. The highest BCUT2D eigenvalue weighted by molar-refractivity contribution is 6.40. The molecule has 0 bridgehead atoms. The van der Waals surface area contributed by atoms with Gasteiger partial charge in [0, 0.05) is 59.3 Å². The van der Waals surface area contributed by atoms with Crippen LogP contribution in [0.15, 0.2) is 122 Å². The molecule has 0 spiro atoms. The van der Waals surface area contributed by atoms with Gasteiger partial charge in [-0.2, -0.15) is 10.2 Å². The minimum Gasteiger partial charge on any atom is -0.322 e. The molecule has 0 radical (unpaired) electrons. The Bertz CT molecular complexity index is 2880. The van der Waals surface area contributed by atoms with Gasteiger partial charge in [0.15, 0.2) is 11.3 Å². The lowest BCUT2D eigenvalue weighted by Gasteiger charge is -2.25. The highest BCUT2D eigenvalue weighted by Crippen LogP contribution is 2.33. The zero-order valence-corrected chi connectivity index (χ0v) is 41.6. The van der Waals surface area contributed by atoms with Crippen molar-refractivity contribution in [2.75, 3.05) is 63.9 Å². The number of fused-ring (bicyclic) bond motifs is 2. The summed E-state index contributed by atoms with van der Waals surface area (Å²) in [4.78, 5) is 41.1. The number of amides is 2. The maximum Gasteiger partial charge on any atom is 0.261 e. The quantitative estimate of drug-likeness (QED) is 0.127. The van der Waals surface area contributed by atoms with Crippen LogP contribution in [-0.4, -0.2) is 105 Å². The second-order valence-corrected chi connectivity index (χ2v) is 17.2. The number of aromatic nitrogens is 6. The number of para-hydroxylation sites is 2. The molecule has 66 heavy (non-hydrogen) atoms. The summed E-state index contributed by atoms with van der Waals surface area (Å²) in [5.74, 6) is 0.163. The topological polar surface area (TPSA) is 117 Å². The minimum absolute atomic E-state index is 0. The SMILES string of the molecule is CN(C)CCCl.Cc1nn(-c2ccccc2)c2ncc(C(=O)N(CCN(C)C)c3ccc(Cl)cc3)c(Cl)c12.Cc1nn(-c2ccccc2)c2ncc(C(=O)Nc3ccc(Cl)cc3)c(Cl)c12.Cl. The largest absolute Gasteiger partial charge is 0.322 e. The number of benzene rings is 4. The van der Waals surface area contributed by atoms with Crippen LogP contribution >= 0.6 is 70.4 Å². The number of pyridine rings is 2. The van der Waals surface area contributed by atoms with Crippen molar-refractivity contribution in [2.24, 2.45) is 0 Å². The molecule has 0 fully saturated rings. The molecule has 2 amide bonds. The summed E-state index contributed by atoms with van der Waals surface area (Å²) in [6.45, 7) is 5.86. The molecule has 4 aromatic heterocycles. The number of carbonyl (C=O) groups is 2. The second-order valence-electron chi connectivity index (χ2n) is 15.2. The Morgan fingerprint density at radius 2 is 1.03 bits per heavy atom. The minimum atomic E-state index is -0.344. The number of hydrogen-bond acceptors (Lipinski definition) is 8. The lowest BCUT2D eigenvalue weighted by molar-refractivity contribution is 0.0983. The molecule has 0 unspecified atom stereocenters. The number of anilines is 2. The van der Waals surface area contributed by atoms with Crippen LogP contribution in [0.5, 0.6) is 0 Å². The fraction of sp³-hybridized carbons (Fsp3) is 0.208. The molecule has 0 saturated carbocycles. The summed E-state index contributed by atoms with van der Waals surface area (Å²) in [6, 6.07) is 33.4. The smallest absolute Gasteiger partial charge is 0.261 e. The molecule has 0 aliphatic carbocycles. The third kappa shape index (κ3) is 12.6. The summed E-state index contributed by atoms with van der Waals surface area (Å²) in [7, 11) is 7.93. The first-order valence-corrected chi connectivity index (χ1v) is 22.4. The van der Waals surface area contributed by atoms with Crippen LogP contribution in [-0.2, 0) is 0 Å². The fourth-order valence-electron chi connectivity index (χ4n) is 6.54. The van der Waals surface area contributed by atoms with Crippen molar-refractivity contribution in [3.05, 3.63) is 164 Å². The molecule has 18 heteroatoms. The molecule has 0 aliphatic rings. The van der Waals surface area contributed by atoms with E-state index in [4.69, 9.17) is 58.0 Å². The van der Waals surface area contributed by atoms with Gasteiger partial charge in [0.25, 0.3) is 11.8 Å². The lowest BCUT2D eigenvalue weighted by atomic mass is 10.1. The van der Waals surface area contributed by atoms with Crippen LogP contribution in [0.3, 0.4) is 0 Å². The molecule has 1 N–H and O–H groups in total. The third-order valence-electron chi connectivity index (χ3n) is 9.88. The van der Waals surface area contributed by atoms with Crippen LogP contribution in [0.1, 0.15) is 32.1 Å². The van der Waals surface area contributed by atoms with E-state index in [1.165, 1.54) is 12.4 Å². The standard InChI is InChI=1S/C24H23Cl2N5O.C20H14Cl2N4O.C4H10ClN.ClH/c1-16-21-22(26)20(15-27-23(21)31(28-16)19-7-5-4-6-8-19)24(32)30(14-13-29(2)3)18-11-9-17(25)10-12-18;1-12-17-18(22)16(20(27)24-14-9-7-13(21)8-10-14)11-23-19(17)26(25-12)15-5-3-2-4-6-15;1-6(2)4-3-5;/h4-12,15H,13-14H2,1-3H3;2-11H,1H3,(H,24,27);3-4H2,1-2H3;1H. The van der Waals surface area contributed by atoms with E-state index in [0.29, 0.717) is 77.9 Å². The highest BCUT2D eigenvalue weighted by Gasteiger charge is 2.25. The molecule has 8 aromatic rings. The predicted molar refractivity (Wildman–Crippen MR) is 275 cm³/mol. The van der Waals surface area contributed by atoms with Crippen LogP contribution in [0.25, 0.3) is 33.4 Å². The highest BCUT2D eigenvalue weighted by atomic mass is 35.5. The van der Waals surface area contributed by atoms with Crippen LogP contribution < -0.4 is 10.2 Å². The Kier molecular flexibility index (Phi) is 18.8. The summed E-state index contributed by atoms with van der Waals surface area (Å²) < 4.78 is 3.46. The van der Waals surface area contributed by atoms with E-state index in [-0.39, 0.29) is 29.8 Å². The zero-order valence-electron chi connectivity index (χ0n) is 37.0. The lowest BCUT2D eigenvalue weighted by Crippen LogP contribution is -2.37. The van der Waals surface area contributed by atoms with Gasteiger partial charge in [-0.3, -0.25) is 9.59 Å². The molecule has 0 atom stereocenters. The summed E-state index contributed by atoms with van der Waals surface area (Å²) in [6.07, 6.45) is 3.00. The van der Waals surface area contributed by atoms with Crippen molar-refractivity contribution in [1.29, 1.82) is 0 Å². The Morgan fingerprint density at radius 3 is 1.47 bits per heavy atom. The van der Waals surface area contributed by atoms with Crippen molar-refractivity contribution >= 4 is 116 Å². The van der Waals surface area contributed by atoms with Gasteiger partial charge in [0.05, 0.1) is 54.7 Å². The first-order chi connectivity index (χ1) is 31.2. The molecular weight excluding hydrogens is 961 g/mol. The van der Waals surface area contributed by atoms with Crippen LogP contribution in [0.4, 0.5) is 11.4 Å². The van der Waals surface area contributed by atoms with E-state index in [2.05, 4.69) is 25.5 Å². The number of rotatable bonds is 11. The Morgan fingerprint density at radius 1 is 0.591 bits per heavy atom. The van der Waals surface area contributed by atoms with E-state index < -0.39 is 0 Å². The number of hydrogen-bond donors (Lipinski definition) is 1. The average molecular weight is 1010 g/mol. The molecule has 8 rings (SSSR count). The normalized spacial score (nSPS) is 10.9. The Balaban J connectivity index is 0.000000220. The summed E-state index contributed by atoms with van der Waals surface area (Å²) in [5.41, 5.74) is 6.37. The maximum absolute atomic E-state index is 13.6. The monoisotopic (exact) mass is 1010 g/mol. The Hall–Kier alpha value is -5.28. The van der Waals surface area contributed by atoms with Gasteiger partial charge in [-0.25, -0.2) is 19.3 Å². The van der Waals surface area contributed by atoms with Crippen molar-refractivity contribution in [3.8, 4) is 11.4 Å². The number of halogens is 6. The van der Waals surface area contributed by atoms with Crippen molar-refractivity contribution in [3.63, 3.8) is 0 Å². The van der Waals surface area contributed by atoms with Gasteiger partial charge in [-0.1, -0.05) is 82.8 Å². The van der Waals surface area contributed by atoms with Crippen molar-refractivity contribution in [2.45, 2.75) is 13.8 Å². The first kappa shape index (κ1) is 51.7. The number of alkyl halides is 1. The molecule has 344 valence electrons. The molecule has 12 nitrogen and oxygen atoms in total. The molecule has 4 heterocycles. The molecule has 0 aliphatic heterocycles. The van der Waals surface area contributed by atoms with Gasteiger partial charge >= 0.3 is 0 Å². The van der Waals surface area contributed by atoms with E-state index in [1.54, 1.807) is 50.7 Å². The average Bonchev–Trinajstić information content (AvgIpc) is 3.82. The van der Waals surface area contributed by atoms with Gasteiger partial charge in [0.2, 0.25) is 0 Å². The van der Waals surface area contributed by atoms with Gasteiger partial charge in [-0.15, -0.1) is 24.0 Å². The number of aryl methyl sites for hydroxylation is 2. The Labute approximate surface area is 415 Å². The van der Waals surface area contributed by atoms with E-state index >= 15 is 0 Å². The van der Waals surface area contributed by atoms with Crippen molar-refractivity contribution in [1.82, 2.24) is 39.3 Å². The summed E-state index contributed by atoms with van der Waals surface area (Å²) in [5, 5.41) is 15.2. The van der Waals surface area contributed by atoms with Gasteiger partial charge in [-0.05, 0) is 115 Å². The fourth-order valence-corrected chi connectivity index (χ4v) is 7.83. The van der Waals surface area contributed by atoms with Crippen LogP contribution in [0.2, 0.25) is 20.1 Å². The maximum atomic E-state index is 13.6. The second kappa shape index (κ2) is 24.0. The van der Waals surface area contributed by atoms with E-state index in [9.17, 15) is 9.59 Å². The molecule has 0 saturated heterocycles. The number of likely N-dealkylation sites (N-methyl/N-ethyl adjacent to an activating group) is 1. The van der Waals surface area contributed by atoms with E-state index in [1.807, 2.05) is 125 Å². The summed E-state index contributed by atoms with van der Waals surface area (Å²) >= 11 is 30.6. The van der Waals surface area contributed by atoms with E-state index in [0.717, 1.165) is 29.5 Å². The third-order valence-corrected chi connectivity index (χ3v) is 11.3. The van der Waals surface area contributed by atoms with Crippen LogP contribution in [0, 0.1) is 13.8 Å². The number of carbonyl (C=O) groups excluding carboxylic acids is 2. The molecular formula is C48H48Cl6N10O2. The predicted octanol–water partition coefficient (Wildman–Crippen LogP) is 11.7. The zero-order chi connectivity index (χ0) is 46.8.